The lowest BCUT2D eigenvalue weighted by Crippen LogP contribution is -2.18. The third-order valence-electron chi connectivity index (χ3n) is 5.76. The Kier molecular flexibility index (Phi) is 4.36. The molecule has 2 aromatic carbocycles. The molecule has 1 aromatic heterocycles. The maximum atomic E-state index is 12.2. The summed E-state index contributed by atoms with van der Waals surface area (Å²) in [4.78, 5) is 14.2. The van der Waals surface area contributed by atoms with Gasteiger partial charge in [-0.25, -0.2) is 0 Å². The average Bonchev–Trinajstić information content (AvgIpc) is 3.21. The number of carbonyl (C=O) groups excluding carboxylic acids is 1. The van der Waals surface area contributed by atoms with Gasteiger partial charge in [-0.1, -0.05) is 43.3 Å². The number of hydrogen-bond donors (Lipinski definition) is 2. The summed E-state index contributed by atoms with van der Waals surface area (Å²) in [5.41, 5.74) is 14.8. The summed E-state index contributed by atoms with van der Waals surface area (Å²) in [7, 11) is 0. The summed E-state index contributed by atoms with van der Waals surface area (Å²) in [6.07, 6.45) is 13.4. The lowest BCUT2D eigenvalue weighted by molar-refractivity contribution is 0.0999. The van der Waals surface area contributed by atoms with E-state index in [1.807, 2.05) is 60.7 Å². The highest BCUT2D eigenvalue weighted by atomic mass is 16.1. The number of nitrogens with one attached hydrogen (secondary N) is 1. The monoisotopic (exact) mass is 394 g/mol. The Morgan fingerprint density at radius 1 is 1.07 bits per heavy atom. The molecular formula is C25H22N4O. The molecule has 1 aliphatic heterocycles. The summed E-state index contributed by atoms with van der Waals surface area (Å²) in [5.74, 6) is -0.416. The number of hydrogen-bond acceptors (Lipinski definition) is 3. The maximum absolute atomic E-state index is 12.2. The number of aromatic nitrogens is 2. The van der Waals surface area contributed by atoms with Gasteiger partial charge in [-0.15, -0.1) is 0 Å². The third-order valence-corrected chi connectivity index (χ3v) is 5.76. The van der Waals surface area contributed by atoms with E-state index in [-0.39, 0.29) is 0 Å². The summed E-state index contributed by atoms with van der Waals surface area (Å²) < 4.78 is 0. The smallest absolute Gasteiger partial charge is 0.249 e. The second-order valence-corrected chi connectivity index (χ2v) is 7.44. The van der Waals surface area contributed by atoms with Crippen molar-refractivity contribution in [1.29, 1.82) is 0 Å². The van der Waals surface area contributed by atoms with Crippen LogP contribution in [0.15, 0.2) is 73.1 Å². The molecule has 5 heteroatoms. The van der Waals surface area contributed by atoms with Crippen LogP contribution in [0.4, 0.5) is 5.69 Å². The largest absolute Gasteiger partial charge is 0.366 e. The van der Waals surface area contributed by atoms with E-state index in [1.165, 1.54) is 16.7 Å². The number of benzene rings is 2. The minimum atomic E-state index is -0.416. The highest BCUT2D eigenvalue weighted by molar-refractivity contribution is 5.99. The van der Waals surface area contributed by atoms with Crippen LogP contribution in [0.3, 0.4) is 0 Å². The molecule has 5 rings (SSSR count). The molecule has 2 heterocycles. The first kappa shape index (κ1) is 18.2. The van der Waals surface area contributed by atoms with Gasteiger partial charge in [-0.2, -0.15) is 5.10 Å². The first-order valence-corrected chi connectivity index (χ1v) is 10.1. The van der Waals surface area contributed by atoms with Gasteiger partial charge in [0.2, 0.25) is 5.91 Å². The van der Waals surface area contributed by atoms with Crippen molar-refractivity contribution in [3.63, 3.8) is 0 Å². The molecule has 0 radical (unpaired) electrons. The number of primary amides is 1. The van der Waals surface area contributed by atoms with Crippen molar-refractivity contribution in [1.82, 2.24) is 10.2 Å². The van der Waals surface area contributed by atoms with Crippen LogP contribution >= 0.6 is 0 Å². The molecular weight excluding hydrogens is 372 g/mol. The van der Waals surface area contributed by atoms with E-state index in [2.05, 4.69) is 29.4 Å². The fraction of sp³-hybridized carbons (Fsp3) is 0.120. The van der Waals surface area contributed by atoms with Crippen LogP contribution in [-0.4, -0.2) is 16.1 Å². The normalized spacial score (nSPS) is 14.0. The summed E-state index contributed by atoms with van der Waals surface area (Å²) in [6, 6.07) is 12.2. The lowest BCUT2D eigenvalue weighted by atomic mass is 9.94. The van der Waals surface area contributed by atoms with Crippen LogP contribution < -0.4 is 10.6 Å². The number of H-pyrrole nitrogens is 1. The van der Waals surface area contributed by atoms with Crippen LogP contribution in [0, 0.1) is 0 Å². The average molecular weight is 394 g/mol. The maximum Gasteiger partial charge on any atom is 0.249 e. The summed E-state index contributed by atoms with van der Waals surface area (Å²) in [5, 5.41) is 7.95. The molecule has 30 heavy (non-hydrogen) atoms. The van der Waals surface area contributed by atoms with Gasteiger partial charge in [0.05, 0.1) is 17.1 Å². The molecule has 148 valence electrons. The highest BCUT2D eigenvalue weighted by Crippen LogP contribution is 2.44. The van der Waals surface area contributed by atoms with E-state index in [4.69, 9.17) is 10.8 Å². The molecule has 0 spiro atoms. The zero-order valence-corrected chi connectivity index (χ0v) is 16.7. The minimum absolute atomic E-state index is 0.416. The molecule has 1 amide bonds. The van der Waals surface area contributed by atoms with Crippen LogP contribution in [0.5, 0.6) is 0 Å². The molecule has 3 N–H and O–H groups in total. The minimum Gasteiger partial charge on any atom is -0.366 e. The van der Waals surface area contributed by atoms with E-state index in [9.17, 15) is 4.79 Å². The zero-order valence-electron chi connectivity index (χ0n) is 16.7. The predicted molar refractivity (Wildman–Crippen MR) is 120 cm³/mol. The van der Waals surface area contributed by atoms with E-state index in [0.717, 1.165) is 34.6 Å². The molecule has 0 unspecified atom stereocenters. The first-order valence-electron chi connectivity index (χ1n) is 10.1. The lowest BCUT2D eigenvalue weighted by Gasteiger charge is -2.24. The number of nitrogens with zero attached hydrogens (tertiary/aromatic N) is 2. The molecule has 3 aromatic rings. The van der Waals surface area contributed by atoms with Gasteiger partial charge in [-0.3, -0.25) is 9.89 Å². The quantitative estimate of drug-likeness (QED) is 0.526. The van der Waals surface area contributed by atoms with Crippen LogP contribution in [0.25, 0.3) is 22.5 Å². The number of allylic oxidation sites excluding steroid dienone is 4. The number of anilines is 1. The van der Waals surface area contributed by atoms with E-state index >= 15 is 0 Å². The highest BCUT2D eigenvalue weighted by Gasteiger charge is 2.28. The van der Waals surface area contributed by atoms with Gasteiger partial charge in [0.15, 0.2) is 0 Å². The van der Waals surface area contributed by atoms with Gasteiger partial charge in [-0.05, 0) is 41.8 Å². The molecule has 0 bridgehead atoms. The topological polar surface area (TPSA) is 75.0 Å². The van der Waals surface area contributed by atoms with Gasteiger partial charge < -0.3 is 10.6 Å². The Labute approximate surface area is 175 Å². The Balaban J connectivity index is 1.74. The molecule has 5 nitrogen and oxygen atoms in total. The predicted octanol–water partition coefficient (Wildman–Crippen LogP) is 4.71. The molecule has 1 aliphatic carbocycles. The zero-order chi connectivity index (χ0) is 20.7. The Morgan fingerprint density at radius 2 is 1.83 bits per heavy atom. The molecule has 0 saturated heterocycles. The van der Waals surface area contributed by atoms with Crippen molar-refractivity contribution in [2.24, 2.45) is 5.73 Å². The van der Waals surface area contributed by atoms with E-state index in [1.54, 1.807) is 0 Å². The Bertz CT molecular complexity index is 1230. The first-order chi connectivity index (χ1) is 14.7. The molecule has 0 fully saturated rings. The van der Waals surface area contributed by atoms with Crippen molar-refractivity contribution in [2.45, 2.75) is 19.8 Å². The number of nitrogens with two attached hydrogens (primary N) is 1. The SMILES string of the molecule is CCc1c(C(N)=O)ccc(-c2n[nH]c3c2Cc2ccccc2-3)c1N1C=CC=CC=C1. The molecule has 0 saturated carbocycles. The number of rotatable bonds is 4. The van der Waals surface area contributed by atoms with Crippen LogP contribution in [0.2, 0.25) is 0 Å². The third kappa shape index (κ3) is 2.78. The van der Waals surface area contributed by atoms with Gasteiger partial charge in [0.1, 0.15) is 0 Å². The van der Waals surface area contributed by atoms with Crippen molar-refractivity contribution in [3.05, 3.63) is 95.4 Å². The second-order valence-electron chi connectivity index (χ2n) is 7.44. The van der Waals surface area contributed by atoms with Crippen molar-refractivity contribution >= 4 is 11.6 Å². The van der Waals surface area contributed by atoms with Gasteiger partial charge in [0, 0.05) is 41.1 Å². The van der Waals surface area contributed by atoms with Gasteiger partial charge >= 0.3 is 0 Å². The standard InChI is InChI=1S/C25H22N4O/c1-2-17-19(25(26)30)11-12-20(24(17)29-13-7-3-4-8-14-29)23-21-15-16-9-5-6-10-18(16)22(21)27-28-23/h3-14H,2,15H2,1H3,(H2,26,30)(H,27,28). The van der Waals surface area contributed by atoms with Crippen molar-refractivity contribution in [3.8, 4) is 22.5 Å². The summed E-state index contributed by atoms with van der Waals surface area (Å²) in [6.45, 7) is 2.05. The van der Waals surface area contributed by atoms with Crippen molar-refractivity contribution in [2.75, 3.05) is 4.90 Å². The molecule has 2 aliphatic rings. The number of amides is 1. The Morgan fingerprint density at radius 3 is 2.57 bits per heavy atom. The van der Waals surface area contributed by atoms with E-state index < -0.39 is 5.91 Å². The fourth-order valence-corrected chi connectivity index (χ4v) is 4.41. The number of carbonyl (C=O) groups is 1. The van der Waals surface area contributed by atoms with Crippen LogP contribution in [-0.2, 0) is 12.8 Å². The van der Waals surface area contributed by atoms with Crippen molar-refractivity contribution < 1.29 is 4.79 Å². The molecule has 0 atom stereocenters. The van der Waals surface area contributed by atoms with E-state index in [0.29, 0.717) is 12.0 Å². The fourth-order valence-electron chi connectivity index (χ4n) is 4.41. The van der Waals surface area contributed by atoms with Crippen LogP contribution in [0.1, 0.15) is 34.0 Å². The Hall–Kier alpha value is -3.86. The second kappa shape index (κ2) is 7.19. The summed E-state index contributed by atoms with van der Waals surface area (Å²) >= 11 is 0. The van der Waals surface area contributed by atoms with Gasteiger partial charge in [0.25, 0.3) is 0 Å². The number of aromatic amines is 1. The number of fused-ring (bicyclic) bond motifs is 3.